The van der Waals surface area contributed by atoms with Crippen LogP contribution in [0.5, 0.6) is 11.5 Å². The topological polar surface area (TPSA) is 59.6 Å². The molecule has 5 heteroatoms. The molecule has 2 aromatic carbocycles. The van der Waals surface area contributed by atoms with Crippen molar-refractivity contribution in [1.82, 2.24) is 0 Å². The van der Waals surface area contributed by atoms with E-state index in [1.165, 1.54) is 0 Å². The second-order valence-electron chi connectivity index (χ2n) is 5.11. The molecule has 1 amide bonds. The van der Waals surface area contributed by atoms with E-state index < -0.39 is 0 Å². The molecule has 24 heavy (non-hydrogen) atoms. The van der Waals surface area contributed by atoms with Crippen LogP contribution in [-0.2, 0) is 4.79 Å². The molecule has 0 fully saturated rings. The lowest BCUT2D eigenvalue weighted by molar-refractivity contribution is -0.116. The number of hydrogen-bond donors (Lipinski definition) is 2. The second kappa shape index (κ2) is 9.45. The molecule has 0 spiro atoms. The summed E-state index contributed by atoms with van der Waals surface area (Å²) in [6.45, 7) is 5.63. The van der Waals surface area contributed by atoms with Crippen LogP contribution in [-0.4, -0.2) is 25.7 Å². The first-order valence-electron chi connectivity index (χ1n) is 8.21. The van der Waals surface area contributed by atoms with Gasteiger partial charge in [0.05, 0.1) is 18.9 Å². The Morgan fingerprint density at radius 1 is 0.958 bits per heavy atom. The first-order chi connectivity index (χ1) is 11.7. The van der Waals surface area contributed by atoms with Gasteiger partial charge in [0.15, 0.2) is 0 Å². The molecule has 0 radical (unpaired) electrons. The highest BCUT2D eigenvalue weighted by Crippen LogP contribution is 2.23. The molecule has 2 rings (SSSR count). The zero-order chi connectivity index (χ0) is 17.2. The van der Waals surface area contributed by atoms with Crippen molar-refractivity contribution in [3.05, 3.63) is 48.5 Å². The van der Waals surface area contributed by atoms with Crippen LogP contribution in [0, 0.1) is 0 Å². The molecular formula is C19H24N2O3. The predicted molar refractivity (Wildman–Crippen MR) is 97.0 cm³/mol. The molecule has 128 valence electrons. The normalized spacial score (nSPS) is 10.1. The summed E-state index contributed by atoms with van der Waals surface area (Å²) in [7, 11) is 0. The molecule has 0 atom stereocenters. The zero-order valence-electron chi connectivity index (χ0n) is 14.2. The van der Waals surface area contributed by atoms with Gasteiger partial charge in [0, 0.05) is 18.7 Å². The second-order valence-corrected chi connectivity index (χ2v) is 5.11. The van der Waals surface area contributed by atoms with E-state index in [-0.39, 0.29) is 5.91 Å². The summed E-state index contributed by atoms with van der Waals surface area (Å²) in [5.74, 6) is 1.47. The maximum Gasteiger partial charge on any atom is 0.226 e. The van der Waals surface area contributed by atoms with Crippen molar-refractivity contribution in [2.45, 2.75) is 20.3 Å². The fourth-order valence-corrected chi connectivity index (χ4v) is 2.22. The maximum absolute atomic E-state index is 12.1. The van der Waals surface area contributed by atoms with Gasteiger partial charge in [0.1, 0.15) is 11.5 Å². The Kier molecular flexibility index (Phi) is 6.95. The lowest BCUT2D eigenvalue weighted by Gasteiger charge is -2.12. The third-order valence-electron chi connectivity index (χ3n) is 3.31. The van der Waals surface area contributed by atoms with Crippen LogP contribution in [0.15, 0.2) is 48.5 Å². The molecule has 0 aliphatic carbocycles. The van der Waals surface area contributed by atoms with Crippen LogP contribution in [0.3, 0.4) is 0 Å². The fraction of sp³-hybridized carbons (Fsp3) is 0.316. The van der Waals surface area contributed by atoms with Crippen LogP contribution in [0.1, 0.15) is 20.3 Å². The molecule has 0 aliphatic heterocycles. The van der Waals surface area contributed by atoms with Gasteiger partial charge >= 0.3 is 0 Å². The largest absolute Gasteiger partial charge is 0.494 e. The van der Waals surface area contributed by atoms with E-state index in [9.17, 15) is 4.79 Å². The Labute approximate surface area is 143 Å². The Morgan fingerprint density at radius 3 is 2.38 bits per heavy atom. The predicted octanol–water partition coefficient (Wildman–Crippen LogP) is 3.92. The van der Waals surface area contributed by atoms with E-state index in [0.717, 1.165) is 11.4 Å². The number of rotatable bonds is 9. The highest BCUT2D eigenvalue weighted by Gasteiger charge is 2.07. The van der Waals surface area contributed by atoms with Crippen LogP contribution in [0.4, 0.5) is 11.4 Å². The zero-order valence-corrected chi connectivity index (χ0v) is 14.2. The molecule has 0 saturated heterocycles. The lowest BCUT2D eigenvalue weighted by Crippen LogP contribution is -2.16. The highest BCUT2D eigenvalue weighted by molar-refractivity contribution is 5.92. The number of benzene rings is 2. The minimum atomic E-state index is -0.0550. The third kappa shape index (κ3) is 5.50. The molecule has 5 nitrogen and oxygen atoms in total. The van der Waals surface area contributed by atoms with E-state index in [2.05, 4.69) is 10.6 Å². The Hall–Kier alpha value is -2.69. The summed E-state index contributed by atoms with van der Waals surface area (Å²) in [4.78, 5) is 12.1. The van der Waals surface area contributed by atoms with Crippen molar-refractivity contribution in [3.63, 3.8) is 0 Å². The van der Waals surface area contributed by atoms with Gasteiger partial charge < -0.3 is 20.1 Å². The molecule has 0 heterocycles. The average molecular weight is 328 g/mol. The number of carbonyl (C=O) groups excluding carboxylic acids is 1. The number of hydrogen-bond acceptors (Lipinski definition) is 4. The Morgan fingerprint density at radius 2 is 1.67 bits per heavy atom. The standard InChI is InChI=1S/C19H24N2O3/c1-3-23-16-11-9-15(10-12-16)20-14-13-19(22)21-17-7-5-6-8-18(17)24-4-2/h5-12,20H,3-4,13-14H2,1-2H3,(H,21,22). The van der Waals surface area contributed by atoms with Gasteiger partial charge in [-0.2, -0.15) is 0 Å². The third-order valence-corrected chi connectivity index (χ3v) is 3.31. The fourth-order valence-electron chi connectivity index (χ4n) is 2.22. The van der Waals surface area contributed by atoms with Crippen molar-refractivity contribution >= 4 is 17.3 Å². The molecule has 2 N–H and O–H groups in total. The van der Waals surface area contributed by atoms with E-state index in [1.807, 2.05) is 62.4 Å². The first kappa shape index (κ1) is 17.7. The summed E-state index contributed by atoms with van der Waals surface area (Å²) in [6.07, 6.45) is 0.369. The Balaban J connectivity index is 1.79. The van der Waals surface area contributed by atoms with Crippen molar-refractivity contribution in [3.8, 4) is 11.5 Å². The molecular weight excluding hydrogens is 304 g/mol. The van der Waals surface area contributed by atoms with E-state index in [0.29, 0.717) is 37.6 Å². The number of ether oxygens (including phenoxy) is 2. The molecule has 0 aliphatic rings. The summed E-state index contributed by atoms with van der Waals surface area (Å²) in [5.41, 5.74) is 1.66. The quantitative estimate of drug-likeness (QED) is 0.732. The van der Waals surface area contributed by atoms with Crippen molar-refractivity contribution in [2.75, 3.05) is 30.4 Å². The van der Waals surface area contributed by atoms with Gasteiger partial charge in [-0.05, 0) is 50.2 Å². The summed E-state index contributed by atoms with van der Waals surface area (Å²) >= 11 is 0. The van der Waals surface area contributed by atoms with Crippen LogP contribution < -0.4 is 20.1 Å². The van der Waals surface area contributed by atoms with E-state index >= 15 is 0 Å². The molecule has 0 saturated carbocycles. The summed E-state index contributed by atoms with van der Waals surface area (Å²) in [6, 6.07) is 15.1. The highest BCUT2D eigenvalue weighted by atomic mass is 16.5. The Bertz CT molecular complexity index is 641. The summed E-state index contributed by atoms with van der Waals surface area (Å²) < 4.78 is 10.9. The number of nitrogens with one attached hydrogen (secondary N) is 2. The van der Waals surface area contributed by atoms with Crippen molar-refractivity contribution in [1.29, 1.82) is 0 Å². The van der Waals surface area contributed by atoms with Crippen LogP contribution in [0.25, 0.3) is 0 Å². The van der Waals surface area contributed by atoms with Gasteiger partial charge in [-0.3, -0.25) is 4.79 Å². The number of amides is 1. The first-order valence-corrected chi connectivity index (χ1v) is 8.21. The van der Waals surface area contributed by atoms with E-state index in [1.54, 1.807) is 0 Å². The van der Waals surface area contributed by atoms with E-state index in [4.69, 9.17) is 9.47 Å². The number of para-hydroxylation sites is 2. The van der Waals surface area contributed by atoms with Crippen molar-refractivity contribution < 1.29 is 14.3 Å². The van der Waals surface area contributed by atoms with Crippen LogP contribution in [0.2, 0.25) is 0 Å². The maximum atomic E-state index is 12.1. The monoisotopic (exact) mass is 328 g/mol. The smallest absolute Gasteiger partial charge is 0.226 e. The minimum absolute atomic E-state index is 0.0550. The van der Waals surface area contributed by atoms with Gasteiger partial charge in [-0.15, -0.1) is 0 Å². The molecule has 0 bridgehead atoms. The SMILES string of the molecule is CCOc1ccc(NCCC(=O)Nc2ccccc2OCC)cc1. The van der Waals surface area contributed by atoms with Gasteiger partial charge in [0.25, 0.3) is 0 Å². The lowest BCUT2D eigenvalue weighted by atomic mass is 10.2. The average Bonchev–Trinajstić information content (AvgIpc) is 2.59. The number of anilines is 2. The molecule has 0 unspecified atom stereocenters. The number of carbonyl (C=O) groups is 1. The molecule has 2 aromatic rings. The van der Waals surface area contributed by atoms with Gasteiger partial charge in [-0.25, -0.2) is 0 Å². The molecule has 0 aromatic heterocycles. The summed E-state index contributed by atoms with van der Waals surface area (Å²) in [5, 5.41) is 6.11. The van der Waals surface area contributed by atoms with Gasteiger partial charge in [0.2, 0.25) is 5.91 Å². The van der Waals surface area contributed by atoms with Crippen LogP contribution >= 0.6 is 0 Å². The minimum Gasteiger partial charge on any atom is -0.494 e. The van der Waals surface area contributed by atoms with Crippen molar-refractivity contribution in [2.24, 2.45) is 0 Å². The van der Waals surface area contributed by atoms with Gasteiger partial charge in [-0.1, -0.05) is 12.1 Å².